The van der Waals surface area contributed by atoms with Gasteiger partial charge in [-0.25, -0.2) is 8.57 Å². The van der Waals surface area contributed by atoms with E-state index in [1.165, 1.54) is 0 Å². The van der Waals surface area contributed by atoms with Crippen molar-refractivity contribution in [3.63, 3.8) is 0 Å². The minimum Gasteiger partial charge on any atom is -0.244 e. The van der Waals surface area contributed by atoms with Crippen molar-refractivity contribution in [2.75, 3.05) is 12.8 Å². The van der Waals surface area contributed by atoms with Crippen molar-refractivity contribution in [3.8, 4) is 0 Å². The van der Waals surface area contributed by atoms with E-state index in [-0.39, 0.29) is 0 Å². The molecule has 1 unspecified atom stereocenters. The Hall–Kier alpha value is -1.09. The summed E-state index contributed by atoms with van der Waals surface area (Å²) < 4.78 is 16.6. The molecule has 0 aliphatic rings. The lowest BCUT2D eigenvalue weighted by Crippen LogP contribution is -2.04. The first kappa shape index (κ1) is 13.0. The Bertz CT molecular complexity index is 454. The molecule has 0 saturated heterocycles. The molecule has 0 N–H and O–H groups in total. The van der Waals surface area contributed by atoms with Gasteiger partial charge in [0.25, 0.3) is 0 Å². The van der Waals surface area contributed by atoms with Crippen molar-refractivity contribution in [2.45, 2.75) is 18.7 Å². The number of hydrogen-bond donors (Lipinski definition) is 0. The Balaban J connectivity index is 2.93. The zero-order valence-corrected chi connectivity index (χ0v) is 10.9. The Morgan fingerprint density at radius 1 is 1.31 bits per heavy atom. The second-order valence-electron chi connectivity index (χ2n) is 3.97. The average molecular weight is 237 g/mol. The van der Waals surface area contributed by atoms with Crippen LogP contribution in [0.5, 0.6) is 0 Å². The molecule has 2 nitrogen and oxygen atoms in total. The molecular formula is C13H19NOS. The van der Waals surface area contributed by atoms with E-state index in [0.29, 0.717) is 11.7 Å². The molecular weight excluding hydrogens is 218 g/mol. The highest BCUT2D eigenvalue weighted by Crippen LogP contribution is 2.13. The van der Waals surface area contributed by atoms with E-state index in [4.69, 9.17) is 0 Å². The predicted octanol–water partition coefficient (Wildman–Crippen LogP) is 3.36. The SMILES string of the molecule is CN=S(=O)(C/C=C\C(C)C)c1ccccc1. The maximum atomic E-state index is 12.5. The molecule has 0 radical (unpaired) electrons. The summed E-state index contributed by atoms with van der Waals surface area (Å²) in [5, 5.41) is 0. The Labute approximate surface area is 98.6 Å². The fourth-order valence-electron chi connectivity index (χ4n) is 1.37. The number of hydrogen-bond acceptors (Lipinski definition) is 2. The quantitative estimate of drug-likeness (QED) is 0.738. The Morgan fingerprint density at radius 2 is 1.94 bits per heavy atom. The lowest BCUT2D eigenvalue weighted by molar-refractivity contribution is 0.678. The third-order valence-electron chi connectivity index (χ3n) is 2.25. The molecule has 1 rings (SSSR count). The van der Waals surface area contributed by atoms with E-state index in [1.54, 1.807) is 7.05 Å². The van der Waals surface area contributed by atoms with Gasteiger partial charge in [-0.15, -0.1) is 0 Å². The van der Waals surface area contributed by atoms with Crippen LogP contribution in [0.3, 0.4) is 0 Å². The average Bonchev–Trinajstić information content (AvgIpc) is 2.29. The summed E-state index contributed by atoms with van der Waals surface area (Å²) in [4.78, 5) is 0.811. The maximum absolute atomic E-state index is 12.5. The summed E-state index contributed by atoms with van der Waals surface area (Å²) in [5.41, 5.74) is 0. The molecule has 1 atom stereocenters. The molecule has 0 heterocycles. The molecule has 0 aromatic heterocycles. The minimum atomic E-state index is -2.26. The molecule has 1 aromatic carbocycles. The summed E-state index contributed by atoms with van der Waals surface area (Å²) in [6.45, 7) is 4.20. The van der Waals surface area contributed by atoms with E-state index in [1.807, 2.05) is 36.4 Å². The molecule has 0 amide bonds. The van der Waals surface area contributed by atoms with Crippen molar-refractivity contribution in [2.24, 2.45) is 10.3 Å². The molecule has 88 valence electrons. The third-order valence-corrected chi connectivity index (χ3v) is 4.49. The summed E-state index contributed by atoms with van der Waals surface area (Å²) in [7, 11) is -0.640. The molecule has 0 aliphatic carbocycles. The van der Waals surface area contributed by atoms with E-state index >= 15 is 0 Å². The number of benzene rings is 1. The second-order valence-corrected chi connectivity index (χ2v) is 6.43. The van der Waals surface area contributed by atoms with E-state index in [0.717, 1.165) is 4.90 Å². The van der Waals surface area contributed by atoms with Gasteiger partial charge in [-0.3, -0.25) is 0 Å². The molecule has 0 spiro atoms. The van der Waals surface area contributed by atoms with Gasteiger partial charge >= 0.3 is 0 Å². The monoisotopic (exact) mass is 237 g/mol. The van der Waals surface area contributed by atoms with Gasteiger partial charge in [0.15, 0.2) is 0 Å². The van der Waals surface area contributed by atoms with Crippen molar-refractivity contribution in [1.29, 1.82) is 0 Å². The number of allylic oxidation sites excluding steroid dienone is 1. The Kier molecular flexibility index (Phi) is 4.74. The third kappa shape index (κ3) is 3.49. The summed E-state index contributed by atoms with van der Waals surface area (Å²) >= 11 is 0. The van der Waals surface area contributed by atoms with Crippen molar-refractivity contribution < 1.29 is 4.21 Å². The molecule has 0 bridgehead atoms. The molecule has 16 heavy (non-hydrogen) atoms. The van der Waals surface area contributed by atoms with Crippen molar-refractivity contribution in [3.05, 3.63) is 42.5 Å². The largest absolute Gasteiger partial charge is 0.244 e. The molecule has 0 aliphatic heterocycles. The standard InChI is InChI=1S/C13H19NOS/c1-12(2)8-7-11-16(15,14-3)13-9-5-4-6-10-13/h4-10,12H,11H2,1-3H3/b8-7-. The van der Waals surface area contributed by atoms with Gasteiger partial charge in [-0.1, -0.05) is 44.2 Å². The normalized spacial score (nSPS) is 15.2. The first-order valence-electron chi connectivity index (χ1n) is 5.43. The van der Waals surface area contributed by atoms with Crippen LogP contribution in [-0.4, -0.2) is 17.0 Å². The smallest absolute Gasteiger partial charge is 0.0785 e. The van der Waals surface area contributed by atoms with Gasteiger partial charge in [0, 0.05) is 11.9 Å². The summed E-state index contributed by atoms with van der Waals surface area (Å²) in [6, 6.07) is 9.46. The maximum Gasteiger partial charge on any atom is 0.0785 e. The van der Waals surface area contributed by atoms with E-state index in [9.17, 15) is 4.21 Å². The zero-order chi connectivity index (χ0) is 12.0. The van der Waals surface area contributed by atoms with Gasteiger partial charge < -0.3 is 0 Å². The van der Waals surface area contributed by atoms with Crippen molar-refractivity contribution in [1.82, 2.24) is 0 Å². The topological polar surface area (TPSA) is 29.4 Å². The van der Waals surface area contributed by atoms with Crippen LogP contribution < -0.4 is 0 Å². The minimum absolute atomic E-state index is 0.483. The van der Waals surface area contributed by atoms with Crippen LogP contribution in [0, 0.1) is 5.92 Å². The predicted molar refractivity (Wildman–Crippen MR) is 70.0 cm³/mol. The van der Waals surface area contributed by atoms with Gasteiger partial charge in [-0.05, 0) is 18.1 Å². The lowest BCUT2D eigenvalue weighted by Gasteiger charge is -2.06. The fourth-order valence-corrected chi connectivity index (χ4v) is 2.87. The Morgan fingerprint density at radius 3 is 2.44 bits per heavy atom. The number of rotatable bonds is 4. The van der Waals surface area contributed by atoms with Gasteiger partial charge in [0.05, 0.1) is 15.5 Å². The van der Waals surface area contributed by atoms with Crippen LogP contribution in [0.1, 0.15) is 13.8 Å². The first-order valence-corrected chi connectivity index (χ1v) is 7.11. The number of nitrogens with zero attached hydrogens (tertiary/aromatic N) is 1. The summed E-state index contributed by atoms with van der Waals surface area (Å²) in [6.07, 6.45) is 4.03. The molecule has 1 aromatic rings. The van der Waals surface area contributed by atoms with Crippen LogP contribution in [0.4, 0.5) is 0 Å². The highest BCUT2D eigenvalue weighted by atomic mass is 32.2. The van der Waals surface area contributed by atoms with Crippen molar-refractivity contribution >= 4 is 9.73 Å². The van der Waals surface area contributed by atoms with E-state index in [2.05, 4.69) is 24.3 Å². The van der Waals surface area contributed by atoms with Crippen LogP contribution >= 0.6 is 0 Å². The van der Waals surface area contributed by atoms with Gasteiger partial charge in [-0.2, -0.15) is 0 Å². The highest BCUT2D eigenvalue weighted by molar-refractivity contribution is 7.93. The molecule has 3 heteroatoms. The molecule has 0 fully saturated rings. The van der Waals surface area contributed by atoms with Crippen LogP contribution in [0.15, 0.2) is 51.7 Å². The highest BCUT2D eigenvalue weighted by Gasteiger charge is 2.08. The lowest BCUT2D eigenvalue weighted by atomic mass is 10.2. The van der Waals surface area contributed by atoms with Crippen LogP contribution in [0.25, 0.3) is 0 Å². The van der Waals surface area contributed by atoms with Crippen LogP contribution in [-0.2, 0) is 9.73 Å². The van der Waals surface area contributed by atoms with E-state index < -0.39 is 9.73 Å². The fraction of sp³-hybridized carbons (Fsp3) is 0.385. The van der Waals surface area contributed by atoms with Crippen LogP contribution in [0.2, 0.25) is 0 Å². The first-order chi connectivity index (χ1) is 7.58. The van der Waals surface area contributed by atoms with Gasteiger partial charge in [0.2, 0.25) is 0 Å². The second kappa shape index (κ2) is 5.85. The van der Waals surface area contributed by atoms with Gasteiger partial charge in [0.1, 0.15) is 0 Å². The summed E-state index contributed by atoms with van der Waals surface area (Å²) in [5.74, 6) is 0.974. The molecule has 0 saturated carbocycles. The zero-order valence-electron chi connectivity index (χ0n) is 10.1.